The van der Waals surface area contributed by atoms with Gasteiger partial charge < -0.3 is 5.11 Å². The summed E-state index contributed by atoms with van der Waals surface area (Å²) in [5, 5.41) is 15.6. The molecular weight excluding hydrogens is 187 g/mol. The summed E-state index contributed by atoms with van der Waals surface area (Å²) in [6, 6.07) is 4.65. The lowest BCUT2D eigenvalue weighted by Crippen LogP contribution is -1.96. The molecule has 0 aliphatic heterocycles. The second-order valence-corrected chi connectivity index (χ2v) is 2.84. The minimum Gasteiger partial charge on any atom is -0.478 e. The number of halogens is 1. The van der Waals surface area contributed by atoms with E-state index >= 15 is 0 Å². The summed E-state index contributed by atoms with van der Waals surface area (Å²) in [7, 11) is 0. The number of nitrogens with one attached hydrogen (secondary N) is 1. The second-order valence-electron chi connectivity index (χ2n) is 2.84. The van der Waals surface area contributed by atoms with Gasteiger partial charge in [-0.25, -0.2) is 9.18 Å². The minimum atomic E-state index is -1.06. The van der Waals surface area contributed by atoms with Crippen molar-refractivity contribution in [1.29, 1.82) is 0 Å². The standard InChI is InChI=1S/C9H7FN2O2/c10-4-7-5-2-1-3-6(9(13)14)8(5)12-11-7/h1-3H,4H2,(H,11,12)(H,13,14). The quantitative estimate of drug-likeness (QED) is 0.765. The van der Waals surface area contributed by atoms with Crippen LogP contribution in [-0.4, -0.2) is 21.3 Å². The Kier molecular flexibility index (Phi) is 1.92. The molecule has 0 spiro atoms. The van der Waals surface area contributed by atoms with E-state index in [4.69, 9.17) is 5.11 Å². The van der Waals surface area contributed by atoms with Gasteiger partial charge in [0.25, 0.3) is 0 Å². The number of aromatic nitrogens is 2. The summed E-state index contributed by atoms with van der Waals surface area (Å²) in [4.78, 5) is 10.8. The van der Waals surface area contributed by atoms with Gasteiger partial charge >= 0.3 is 5.97 Å². The van der Waals surface area contributed by atoms with Gasteiger partial charge in [0.15, 0.2) is 0 Å². The number of hydrogen-bond donors (Lipinski definition) is 2. The van der Waals surface area contributed by atoms with E-state index in [9.17, 15) is 9.18 Å². The number of aromatic carboxylic acids is 1. The van der Waals surface area contributed by atoms with E-state index in [1.165, 1.54) is 6.07 Å². The van der Waals surface area contributed by atoms with Crippen LogP contribution in [0.1, 0.15) is 16.1 Å². The number of nitrogens with zero attached hydrogens (tertiary/aromatic N) is 1. The fraction of sp³-hybridized carbons (Fsp3) is 0.111. The highest BCUT2D eigenvalue weighted by molar-refractivity contribution is 6.02. The highest BCUT2D eigenvalue weighted by atomic mass is 19.1. The maximum atomic E-state index is 12.4. The van der Waals surface area contributed by atoms with E-state index in [1.54, 1.807) is 12.1 Å². The first kappa shape index (κ1) is 8.68. The lowest BCUT2D eigenvalue weighted by atomic mass is 10.1. The number of alkyl halides is 1. The number of para-hydroxylation sites is 1. The molecule has 2 N–H and O–H groups in total. The molecular formula is C9H7FN2O2. The molecule has 0 radical (unpaired) electrons. The highest BCUT2D eigenvalue weighted by Crippen LogP contribution is 2.20. The zero-order valence-electron chi connectivity index (χ0n) is 7.12. The Morgan fingerprint density at radius 2 is 2.36 bits per heavy atom. The Morgan fingerprint density at radius 3 is 3.00 bits per heavy atom. The highest BCUT2D eigenvalue weighted by Gasteiger charge is 2.12. The van der Waals surface area contributed by atoms with Gasteiger partial charge in [-0.15, -0.1) is 0 Å². The summed E-state index contributed by atoms with van der Waals surface area (Å²) < 4.78 is 12.4. The smallest absolute Gasteiger partial charge is 0.337 e. The van der Waals surface area contributed by atoms with Crippen LogP contribution in [0.5, 0.6) is 0 Å². The summed E-state index contributed by atoms with van der Waals surface area (Å²) in [6.07, 6.45) is 0. The first-order chi connectivity index (χ1) is 6.74. The van der Waals surface area contributed by atoms with Crippen molar-refractivity contribution in [2.75, 3.05) is 0 Å². The predicted octanol–water partition coefficient (Wildman–Crippen LogP) is 1.73. The van der Waals surface area contributed by atoms with Gasteiger partial charge in [0, 0.05) is 5.39 Å². The van der Waals surface area contributed by atoms with Crippen LogP contribution in [0.15, 0.2) is 18.2 Å². The number of benzene rings is 1. The number of carbonyl (C=O) groups is 1. The molecule has 0 unspecified atom stereocenters. The summed E-state index contributed by atoms with van der Waals surface area (Å²) in [6.45, 7) is -0.681. The molecule has 4 nitrogen and oxygen atoms in total. The molecule has 5 heteroatoms. The number of fused-ring (bicyclic) bond motifs is 1. The van der Waals surface area contributed by atoms with Crippen LogP contribution >= 0.6 is 0 Å². The van der Waals surface area contributed by atoms with Crippen molar-refractivity contribution in [2.24, 2.45) is 0 Å². The monoisotopic (exact) mass is 194 g/mol. The van der Waals surface area contributed by atoms with Crippen molar-refractivity contribution >= 4 is 16.9 Å². The zero-order chi connectivity index (χ0) is 10.1. The van der Waals surface area contributed by atoms with Crippen molar-refractivity contribution in [1.82, 2.24) is 10.2 Å². The van der Waals surface area contributed by atoms with Crippen LogP contribution in [0, 0.1) is 0 Å². The Hall–Kier alpha value is -1.91. The van der Waals surface area contributed by atoms with Crippen LogP contribution in [0.3, 0.4) is 0 Å². The maximum absolute atomic E-state index is 12.4. The van der Waals surface area contributed by atoms with Crippen LogP contribution in [0.2, 0.25) is 0 Å². The molecule has 0 aliphatic carbocycles. The fourth-order valence-electron chi connectivity index (χ4n) is 1.37. The Morgan fingerprint density at radius 1 is 1.57 bits per heavy atom. The lowest BCUT2D eigenvalue weighted by Gasteiger charge is -1.94. The molecule has 0 saturated carbocycles. The van der Waals surface area contributed by atoms with Crippen LogP contribution in [0.25, 0.3) is 10.9 Å². The third-order valence-electron chi connectivity index (χ3n) is 2.03. The largest absolute Gasteiger partial charge is 0.478 e. The molecule has 14 heavy (non-hydrogen) atoms. The van der Waals surface area contributed by atoms with Gasteiger partial charge in [-0.1, -0.05) is 12.1 Å². The average molecular weight is 194 g/mol. The van der Waals surface area contributed by atoms with Gasteiger partial charge in [-0.05, 0) is 6.07 Å². The predicted molar refractivity (Wildman–Crippen MR) is 47.9 cm³/mol. The molecule has 1 heterocycles. The second kappa shape index (κ2) is 3.10. The van der Waals surface area contributed by atoms with E-state index in [-0.39, 0.29) is 5.56 Å². The number of carboxylic acid groups (broad SMARTS) is 1. The Balaban J connectivity index is 2.76. The third-order valence-corrected chi connectivity index (χ3v) is 2.03. The van der Waals surface area contributed by atoms with Crippen LogP contribution < -0.4 is 0 Å². The van der Waals surface area contributed by atoms with Crippen molar-refractivity contribution in [3.63, 3.8) is 0 Å². The Bertz CT molecular complexity index is 493. The lowest BCUT2D eigenvalue weighted by molar-refractivity contribution is 0.0699. The molecule has 0 saturated heterocycles. The van der Waals surface area contributed by atoms with Crippen molar-refractivity contribution in [2.45, 2.75) is 6.67 Å². The molecule has 2 rings (SSSR count). The molecule has 1 aromatic carbocycles. The van der Waals surface area contributed by atoms with E-state index in [0.29, 0.717) is 16.6 Å². The maximum Gasteiger partial charge on any atom is 0.337 e. The SMILES string of the molecule is O=C(O)c1cccc2c(CF)[nH]nc12. The number of aromatic amines is 1. The van der Waals surface area contributed by atoms with Crippen molar-refractivity contribution in [3.8, 4) is 0 Å². The zero-order valence-corrected chi connectivity index (χ0v) is 7.12. The number of H-pyrrole nitrogens is 1. The third kappa shape index (κ3) is 1.14. The van der Waals surface area contributed by atoms with Gasteiger partial charge in [0.2, 0.25) is 0 Å². The fourth-order valence-corrected chi connectivity index (χ4v) is 1.37. The van der Waals surface area contributed by atoms with E-state index < -0.39 is 12.6 Å². The number of rotatable bonds is 2. The average Bonchev–Trinajstić information content (AvgIpc) is 2.59. The summed E-state index contributed by atoms with van der Waals surface area (Å²) >= 11 is 0. The first-order valence-corrected chi connectivity index (χ1v) is 3.99. The van der Waals surface area contributed by atoms with E-state index in [1.807, 2.05) is 0 Å². The van der Waals surface area contributed by atoms with Gasteiger partial charge in [-0.2, -0.15) is 5.10 Å². The molecule has 0 bridgehead atoms. The molecule has 0 aliphatic rings. The Labute approximate surface area is 78.4 Å². The molecule has 72 valence electrons. The number of carboxylic acids is 1. The molecule has 0 atom stereocenters. The van der Waals surface area contributed by atoms with E-state index in [2.05, 4.69) is 10.2 Å². The van der Waals surface area contributed by atoms with Crippen molar-refractivity contribution in [3.05, 3.63) is 29.5 Å². The first-order valence-electron chi connectivity index (χ1n) is 3.99. The normalized spacial score (nSPS) is 10.6. The molecule has 1 aromatic heterocycles. The summed E-state index contributed by atoms with van der Waals surface area (Å²) in [5.41, 5.74) is 0.689. The number of hydrogen-bond acceptors (Lipinski definition) is 2. The van der Waals surface area contributed by atoms with Gasteiger partial charge in [-0.3, -0.25) is 5.10 Å². The minimum absolute atomic E-state index is 0.0819. The van der Waals surface area contributed by atoms with Gasteiger partial charge in [0.05, 0.1) is 11.3 Å². The van der Waals surface area contributed by atoms with Crippen LogP contribution in [-0.2, 0) is 6.67 Å². The molecule has 2 aromatic rings. The molecule has 0 fully saturated rings. The van der Waals surface area contributed by atoms with Crippen molar-refractivity contribution < 1.29 is 14.3 Å². The summed E-state index contributed by atoms with van der Waals surface area (Å²) in [5.74, 6) is -1.06. The van der Waals surface area contributed by atoms with Gasteiger partial charge in [0.1, 0.15) is 12.2 Å². The van der Waals surface area contributed by atoms with E-state index in [0.717, 1.165) is 0 Å². The van der Waals surface area contributed by atoms with Crippen LogP contribution in [0.4, 0.5) is 4.39 Å². The molecule has 0 amide bonds. The topological polar surface area (TPSA) is 66.0 Å².